The maximum Gasteiger partial charge on any atom is 0.257 e. The third-order valence-electron chi connectivity index (χ3n) is 4.18. The Morgan fingerprint density at radius 1 is 1.12 bits per heavy atom. The lowest BCUT2D eigenvalue weighted by atomic mass is 10.1. The van der Waals surface area contributed by atoms with Gasteiger partial charge in [-0.3, -0.25) is 4.79 Å². The third-order valence-corrected chi connectivity index (χ3v) is 4.50. The van der Waals surface area contributed by atoms with Gasteiger partial charge in [-0.05, 0) is 55.7 Å². The molecule has 3 rings (SSSR count). The SMILES string of the molecule is Cc1cc(N2CCCC2)ccc1NC(=O)c1cc(F)c(F)cc1Cl. The summed E-state index contributed by atoms with van der Waals surface area (Å²) >= 11 is 5.84. The number of anilines is 2. The molecule has 1 aliphatic heterocycles. The molecule has 6 heteroatoms. The van der Waals surface area contributed by atoms with Crippen molar-refractivity contribution in [2.45, 2.75) is 19.8 Å². The van der Waals surface area contributed by atoms with Gasteiger partial charge in [0, 0.05) is 24.5 Å². The average Bonchev–Trinajstić information content (AvgIpc) is 3.07. The Morgan fingerprint density at radius 2 is 1.79 bits per heavy atom. The minimum absolute atomic E-state index is 0.0985. The fraction of sp³-hybridized carbons (Fsp3) is 0.278. The lowest BCUT2D eigenvalue weighted by molar-refractivity contribution is 0.102. The van der Waals surface area contributed by atoms with Gasteiger partial charge in [0.2, 0.25) is 0 Å². The van der Waals surface area contributed by atoms with Crippen LogP contribution in [-0.2, 0) is 0 Å². The Balaban J connectivity index is 1.80. The van der Waals surface area contributed by atoms with E-state index in [-0.39, 0.29) is 10.6 Å². The van der Waals surface area contributed by atoms with Gasteiger partial charge >= 0.3 is 0 Å². The first-order valence-corrected chi connectivity index (χ1v) is 8.15. The highest BCUT2D eigenvalue weighted by molar-refractivity contribution is 6.34. The molecule has 0 unspecified atom stereocenters. The van der Waals surface area contributed by atoms with Crippen molar-refractivity contribution in [2.24, 2.45) is 0 Å². The first kappa shape index (κ1) is 16.7. The summed E-state index contributed by atoms with van der Waals surface area (Å²) in [6, 6.07) is 7.37. The van der Waals surface area contributed by atoms with E-state index in [1.807, 2.05) is 25.1 Å². The van der Waals surface area contributed by atoms with Crippen LogP contribution in [0.25, 0.3) is 0 Å². The van der Waals surface area contributed by atoms with E-state index in [9.17, 15) is 13.6 Å². The minimum Gasteiger partial charge on any atom is -0.372 e. The largest absolute Gasteiger partial charge is 0.372 e. The predicted octanol–water partition coefficient (Wildman–Crippen LogP) is 4.78. The van der Waals surface area contributed by atoms with Gasteiger partial charge in [0.25, 0.3) is 5.91 Å². The predicted molar refractivity (Wildman–Crippen MR) is 91.9 cm³/mol. The molecule has 0 saturated carbocycles. The normalized spacial score (nSPS) is 14.1. The summed E-state index contributed by atoms with van der Waals surface area (Å²) in [5.74, 6) is -2.76. The first-order valence-electron chi connectivity index (χ1n) is 7.77. The number of hydrogen-bond acceptors (Lipinski definition) is 2. The van der Waals surface area contributed by atoms with E-state index in [1.54, 1.807) is 0 Å². The van der Waals surface area contributed by atoms with Crippen LogP contribution >= 0.6 is 11.6 Å². The number of nitrogens with one attached hydrogen (secondary N) is 1. The minimum atomic E-state index is -1.11. The zero-order valence-electron chi connectivity index (χ0n) is 13.2. The van der Waals surface area contributed by atoms with Crippen molar-refractivity contribution in [2.75, 3.05) is 23.3 Å². The summed E-state index contributed by atoms with van der Waals surface area (Å²) in [7, 11) is 0. The van der Waals surface area contributed by atoms with Gasteiger partial charge in [0.05, 0.1) is 10.6 Å². The summed E-state index contributed by atoms with van der Waals surface area (Å²) in [5.41, 5.74) is 2.53. The molecule has 1 amide bonds. The van der Waals surface area contributed by atoms with Gasteiger partial charge in [-0.25, -0.2) is 8.78 Å². The second-order valence-electron chi connectivity index (χ2n) is 5.89. The van der Waals surface area contributed by atoms with Gasteiger partial charge in [-0.1, -0.05) is 11.6 Å². The Labute approximate surface area is 144 Å². The molecule has 0 spiro atoms. The molecule has 3 nitrogen and oxygen atoms in total. The van der Waals surface area contributed by atoms with Gasteiger partial charge in [0.1, 0.15) is 0 Å². The monoisotopic (exact) mass is 350 g/mol. The summed E-state index contributed by atoms with van der Waals surface area (Å²) in [6.07, 6.45) is 2.37. The lowest BCUT2D eigenvalue weighted by Crippen LogP contribution is -2.18. The smallest absolute Gasteiger partial charge is 0.257 e. The number of rotatable bonds is 3. The summed E-state index contributed by atoms with van der Waals surface area (Å²) < 4.78 is 26.5. The number of amides is 1. The number of nitrogens with zero attached hydrogens (tertiary/aromatic N) is 1. The van der Waals surface area contributed by atoms with E-state index < -0.39 is 17.5 Å². The van der Waals surface area contributed by atoms with Crippen LogP contribution in [0.4, 0.5) is 20.2 Å². The number of aryl methyl sites for hydroxylation is 1. The van der Waals surface area contributed by atoms with Crippen molar-refractivity contribution in [3.8, 4) is 0 Å². The molecular weight excluding hydrogens is 334 g/mol. The van der Waals surface area contributed by atoms with Crippen molar-refractivity contribution >= 4 is 28.9 Å². The molecule has 24 heavy (non-hydrogen) atoms. The Kier molecular flexibility index (Phi) is 4.71. The van der Waals surface area contributed by atoms with E-state index in [4.69, 9.17) is 11.6 Å². The molecule has 0 aliphatic carbocycles. The topological polar surface area (TPSA) is 32.3 Å². The Hall–Kier alpha value is -2.14. The van der Waals surface area contributed by atoms with Crippen molar-refractivity contribution in [1.29, 1.82) is 0 Å². The van der Waals surface area contributed by atoms with E-state index in [0.29, 0.717) is 5.69 Å². The molecule has 1 aliphatic rings. The van der Waals surface area contributed by atoms with Gasteiger partial charge < -0.3 is 10.2 Å². The molecule has 0 aromatic heterocycles. The highest BCUT2D eigenvalue weighted by Crippen LogP contribution is 2.27. The standard InChI is InChI=1S/C18H17ClF2N2O/c1-11-8-12(23-6-2-3-7-23)4-5-17(11)22-18(24)13-9-15(20)16(21)10-14(13)19/h4-5,8-10H,2-3,6-7H2,1H3,(H,22,24). The number of hydrogen-bond donors (Lipinski definition) is 1. The van der Waals surface area contributed by atoms with Crippen molar-refractivity contribution in [3.63, 3.8) is 0 Å². The van der Waals surface area contributed by atoms with Crippen LogP contribution in [-0.4, -0.2) is 19.0 Å². The highest BCUT2D eigenvalue weighted by atomic mass is 35.5. The van der Waals surface area contributed by atoms with Gasteiger partial charge in [-0.15, -0.1) is 0 Å². The number of carbonyl (C=O) groups is 1. The molecule has 2 aromatic carbocycles. The molecule has 0 radical (unpaired) electrons. The lowest BCUT2D eigenvalue weighted by Gasteiger charge is -2.19. The summed E-state index contributed by atoms with van der Waals surface area (Å²) in [5, 5.41) is 2.57. The molecule has 1 N–H and O–H groups in total. The number of carbonyl (C=O) groups excluding carboxylic acids is 1. The second kappa shape index (κ2) is 6.77. The molecular formula is C18H17ClF2N2O. The molecule has 126 valence electrons. The van der Waals surface area contributed by atoms with Crippen LogP contribution in [0.5, 0.6) is 0 Å². The van der Waals surface area contributed by atoms with Crippen LogP contribution in [0.2, 0.25) is 5.02 Å². The zero-order chi connectivity index (χ0) is 17.3. The van der Waals surface area contributed by atoms with Crippen molar-refractivity contribution in [1.82, 2.24) is 0 Å². The fourth-order valence-electron chi connectivity index (χ4n) is 2.85. The molecule has 0 bridgehead atoms. The van der Waals surface area contributed by atoms with Crippen LogP contribution in [0.3, 0.4) is 0 Å². The third kappa shape index (κ3) is 3.36. The molecule has 2 aromatic rings. The van der Waals surface area contributed by atoms with Gasteiger partial charge in [-0.2, -0.15) is 0 Å². The van der Waals surface area contributed by atoms with E-state index in [1.165, 1.54) is 12.8 Å². The molecule has 1 fully saturated rings. The Morgan fingerprint density at radius 3 is 2.46 bits per heavy atom. The van der Waals surface area contributed by atoms with Crippen molar-refractivity contribution in [3.05, 3.63) is 58.1 Å². The van der Waals surface area contributed by atoms with Crippen LogP contribution in [0.1, 0.15) is 28.8 Å². The van der Waals surface area contributed by atoms with Gasteiger partial charge in [0.15, 0.2) is 11.6 Å². The molecule has 1 heterocycles. The fourth-order valence-corrected chi connectivity index (χ4v) is 3.08. The highest BCUT2D eigenvalue weighted by Gasteiger charge is 2.17. The maximum atomic E-state index is 13.3. The zero-order valence-corrected chi connectivity index (χ0v) is 14.0. The van der Waals surface area contributed by atoms with E-state index in [2.05, 4.69) is 10.2 Å². The second-order valence-corrected chi connectivity index (χ2v) is 6.30. The van der Waals surface area contributed by atoms with Crippen molar-refractivity contribution < 1.29 is 13.6 Å². The van der Waals surface area contributed by atoms with Crippen LogP contribution in [0.15, 0.2) is 30.3 Å². The summed E-state index contributed by atoms with van der Waals surface area (Å²) in [4.78, 5) is 14.6. The molecule has 0 atom stereocenters. The van der Waals surface area contributed by atoms with E-state index in [0.717, 1.165) is 36.5 Å². The number of benzene rings is 2. The van der Waals surface area contributed by atoms with Crippen LogP contribution < -0.4 is 10.2 Å². The summed E-state index contributed by atoms with van der Waals surface area (Å²) in [6.45, 7) is 3.97. The number of halogens is 3. The van der Waals surface area contributed by atoms with Crippen LogP contribution in [0, 0.1) is 18.6 Å². The average molecular weight is 351 g/mol. The maximum absolute atomic E-state index is 13.3. The quantitative estimate of drug-likeness (QED) is 0.808. The Bertz CT molecular complexity index is 789. The molecule has 1 saturated heterocycles. The van der Waals surface area contributed by atoms with E-state index >= 15 is 0 Å². The first-order chi connectivity index (χ1) is 11.5.